The molecule has 0 amide bonds. The summed E-state index contributed by atoms with van der Waals surface area (Å²) in [5, 5.41) is 8.21. The van der Waals surface area contributed by atoms with E-state index < -0.39 is 0 Å². The molecule has 4 heterocycles. The van der Waals surface area contributed by atoms with Crippen LogP contribution in [0.3, 0.4) is 0 Å². The zero-order valence-corrected chi connectivity index (χ0v) is 12.5. The predicted molar refractivity (Wildman–Crippen MR) is 84.8 cm³/mol. The quantitative estimate of drug-likeness (QED) is 0.786. The van der Waals surface area contributed by atoms with Gasteiger partial charge in [0.05, 0.1) is 5.39 Å². The Bertz CT molecular complexity index is 782. The number of aromatic nitrogens is 5. The predicted octanol–water partition coefficient (Wildman–Crippen LogP) is 2.44. The monoisotopic (exact) mass is 294 g/mol. The molecule has 0 radical (unpaired) electrons. The van der Waals surface area contributed by atoms with Crippen molar-refractivity contribution in [3.05, 3.63) is 42.1 Å². The summed E-state index contributed by atoms with van der Waals surface area (Å²) in [6.07, 6.45) is 5.93. The van der Waals surface area contributed by atoms with Gasteiger partial charge in [0.25, 0.3) is 0 Å². The van der Waals surface area contributed by atoms with E-state index in [0.717, 1.165) is 42.2 Å². The number of piperidine rings is 1. The largest absolute Gasteiger partial charge is 0.355 e. The molecule has 3 aromatic rings. The summed E-state index contributed by atoms with van der Waals surface area (Å²) >= 11 is 0. The van der Waals surface area contributed by atoms with E-state index in [4.69, 9.17) is 0 Å². The fourth-order valence-corrected chi connectivity index (χ4v) is 3.21. The van der Waals surface area contributed by atoms with Gasteiger partial charge in [-0.3, -0.25) is 5.10 Å². The maximum atomic E-state index is 4.69. The number of H-pyrrole nitrogens is 1. The highest BCUT2D eigenvalue weighted by molar-refractivity contribution is 5.86. The lowest BCUT2D eigenvalue weighted by molar-refractivity contribution is 0.498. The lowest BCUT2D eigenvalue weighted by Gasteiger charge is -2.33. The third-order valence-electron chi connectivity index (χ3n) is 4.25. The van der Waals surface area contributed by atoms with Gasteiger partial charge in [-0.25, -0.2) is 15.0 Å². The number of aromatic amines is 1. The zero-order valence-electron chi connectivity index (χ0n) is 12.5. The van der Waals surface area contributed by atoms with E-state index in [1.54, 1.807) is 6.20 Å². The Hall–Kier alpha value is -2.50. The molecule has 3 aromatic heterocycles. The molecule has 0 saturated carbocycles. The lowest BCUT2D eigenvalue weighted by Crippen LogP contribution is -2.35. The van der Waals surface area contributed by atoms with Crippen LogP contribution in [-0.2, 0) is 0 Å². The number of nitrogens with one attached hydrogen (secondary N) is 1. The number of anilines is 1. The fraction of sp³-hybridized carbons (Fsp3) is 0.375. The second-order valence-electron chi connectivity index (χ2n) is 5.77. The summed E-state index contributed by atoms with van der Waals surface area (Å²) in [6.45, 7) is 3.89. The van der Waals surface area contributed by atoms with Gasteiger partial charge < -0.3 is 4.90 Å². The van der Waals surface area contributed by atoms with Crippen LogP contribution in [0.1, 0.15) is 30.3 Å². The molecule has 1 unspecified atom stereocenters. The molecule has 0 aromatic carbocycles. The van der Waals surface area contributed by atoms with Crippen LogP contribution in [0.25, 0.3) is 11.0 Å². The molecule has 0 aliphatic carbocycles. The summed E-state index contributed by atoms with van der Waals surface area (Å²) in [6, 6.07) is 6.07. The third kappa shape index (κ3) is 2.30. The van der Waals surface area contributed by atoms with Crippen molar-refractivity contribution in [1.29, 1.82) is 0 Å². The number of hydrogen-bond donors (Lipinski definition) is 1. The Kier molecular flexibility index (Phi) is 3.21. The number of aryl methyl sites for hydroxylation is 1. The van der Waals surface area contributed by atoms with E-state index in [1.807, 2.05) is 19.2 Å². The number of pyridine rings is 1. The Labute approximate surface area is 128 Å². The summed E-state index contributed by atoms with van der Waals surface area (Å²) in [4.78, 5) is 15.9. The standard InChI is InChI=1S/C16H18N6/c1-11-19-15-13(5-2-7-17-15)16(20-11)22-9-3-4-12(10-22)14-6-8-18-21-14/h2,5-8,12H,3-4,9-10H2,1H3,(H,18,21). The Morgan fingerprint density at radius 3 is 3.05 bits per heavy atom. The minimum absolute atomic E-state index is 0.471. The number of fused-ring (bicyclic) bond motifs is 1. The van der Waals surface area contributed by atoms with E-state index in [1.165, 1.54) is 12.1 Å². The van der Waals surface area contributed by atoms with Crippen LogP contribution in [-0.4, -0.2) is 38.2 Å². The zero-order chi connectivity index (χ0) is 14.9. The Balaban J connectivity index is 1.72. The number of hydrogen-bond acceptors (Lipinski definition) is 5. The fourth-order valence-electron chi connectivity index (χ4n) is 3.21. The minimum atomic E-state index is 0.471. The molecule has 1 atom stereocenters. The number of nitrogens with zero attached hydrogens (tertiary/aromatic N) is 5. The average Bonchev–Trinajstić information content (AvgIpc) is 3.09. The highest BCUT2D eigenvalue weighted by Crippen LogP contribution is 2.31. The second kappa shape index (κ2) is 5.36. The van der Waals surface area contributed by atoms with Crippen molar-refractivity contribution in [2.45, 2.75) is 25.7 Å². The van der Waals surface area contributed by atoms with Crippen molar-refractivity contribution in [2.24, 2.45) is 0 Å². The lowest BCUT2D eigenvalue weighted by atomic mass is 9.95. The SMILES string of the molecule is Cc1nc(N2CCCC(c3ccn[nH]3)C2)c2cccnc2n1. The molecule has 1 aliphatic rings. The molecule has 112 valence electrons. The Morgan fingerprint density at radius 1 is 1.23 bits per heavy atom. The van der Waals surface area contributed by atoms with Crippen LogP contribution < -0.4 is 4.90 Å². The first-order valence-electron chi connectivity index (χ1n) is 7.65. The summed E-state index contributed by atoms with van der Waals surface area (Å²) in [7, 11) is 0. The van der Waals surface area contributed by atoms with E-state index in [0.29, 0.717) is 5.92 Å². The van der Waals surface area contributed by atoms with E-state index in [-0.39, 0.29) is 0 Å². The molecule has 1 N–H and O–H groups in total. The maximum absolute atomic E-state index is 4.69. The molecular weight excluding hydrogens is 276 g/mol. The van der Waals surface area contributed by atoms with Crippen molar-refractivity contribution >= 4 is 16.9 Å². The summed E-state index contributed by atoms with van der Waals surface area (Å²) < 4.78 is 0. The van der Waals surface area contributed by atoms with Crippen LogP contribution in [0.5, 0.6) is 0 Å². The molecule has 0 bridgehead atoms. The molecular formula is C16H18N6. The normalized spacial score (nSPS) is 18.8. The van der Waals surface area contributed by atoms with Gasteiger partial charge in [-0.2, -0.15) is 5.10 Å². The van der Waals surface area contributed by atoms with Crippen LogP contribution in [0, 0.1) is 6.92 Å². The van der Waals surface area contributed by atoms with Gasteiger partial charge in [0.1, 0.15) is 11.6 Å². The van der Waals surface area contributed by atoms with Gasteiger partial charge in [0.15, 0.2) is 5.65 Å². The molecule has 6 heteroatoms. The first-order valence-corrected chi connectivity index (χ1v) is 7.65. The molecule has 6 nitrogen and oxygen atoms in total. The molecule has 1 aliphatic heterocycles. The molecule has 1 fully saturated rings. The highest BCUT2D eigenvalue weighted by atomic mass is 15.2. The van der Waals surface area contributed by atoms with Crippen molar-refractivity contribution in [3.8, 4) is 0 Å². The van der Waals surface area contributed by atoms with E-state index in [9.17, 15) is 0 Å². The van der Waals surface area contributed by atoms with Crippen LogP contribution >= 0.6 is 0 Å². The highest BCUT2D eigenvalue weighted by Gasteiger charge is 2.24. The summed E-state index contributed by atoms with van der Waals surface area (Å²) in [5.74, 6) is 2.24. The van der Waals surface area contributed by atoms with Crippen molar-refractivity contribution in [2.75, 3.05) is 18.0 Å². The van der Waals surface area contributed by atoms with Crippen LogP contribution in [0.4, 0.5) is 5.82 Å². The smallest absolute Gasteiger partial charge is 0.164 e. The van der Waals surface area contributed by atoms with Crippen molar-refractivity contribution < 1.29 is 0 Å². The molecule has 0 spiro atoms. The van der Waals surface area contributed by atoms with Gasteiger partial charge in [0, 0.05) is 37.1 Å². The second-order valence-corrected chi connectivity index (χ2v) is 5.77. The molecule has 1 saturated heterocycles. The van der Waals surface area contributed by atoms with Gasteiger partial charge in [-0.05, 0) is 38.0 Å². The van der Waals surface area contributed by atoms with Crippen molar-refractivity contribution in [3.63, 3.8) is 0 Å². The van der Waals surface area contributed by atoms with Crippen LogP contribution in [0.2, 0.25) is 0 Å². The van der Waals surface area contributed by atoms with E-state index >= 15 is 0 Å². The Morgan fingerprint density at radius 2 is 2.18 bits per heavy atom. The van der Waals surface area contributed by atoms with Gasteiger partial charge >= 0.3 is 0 Å². The third-order valence-corrected chi connectivity index (χ3v) is 4.25. The van der Waals surface area contributed by atoms with Gasteiger partial charge in [-0.15, -0.1) is 0 Å². The topological polar surface area (TPSA) is 70.6 Å². The first-order chi connectivity index (χ1) is 10.8. The first kappa shape index (κ1) is 13.2. The minimum Gasteiger partial charge on any atom is -0.355 e. The van der Waals surface area contributed by atoms with Crippen LogP contribution in [0.15, 0.2) is 30.6 Å². The maximum Gasteiger partial charge on any atom is 0.164 e. The average molecular weight is 294 g/mol. The summed E-state index contributed by atoms with van der Waals surface area (Å²) in [5.41, 5.74) is 1.98. The van der Waals surface area contributed by atoms with E-state index in [2.05, 4.69) is 42.2 Å². The van der Waals surface area contributed by atoms with Crippen molar-refractivity contribution in [1.82, 2.24) is 25.1 Å². The van der Waals surface area contributed by atoms with Gasteiger partial charge in [0.2, 0.25) is 0 Å². The molecule has 4 rings (SSSR count). The van der Waals surface area contributed by atoms with Gasteiger partial charge in [-0.1, -0.05) is 0 Å². The number of rotatable bonds is 2. The molecule has 22 heavy (non-hydrogen) atoms.